The molecule has 5 rings (SSSR count). The van der Waals surface area contributed by atoms with Gasteiger partial charge in [0.05, 0.1) is 12.4 Å². The molecule has 4 unspecified atom stereocenters. The van der Waals surface area contributed by atoms with Gasteiger partial charge in [-0.1, -0.05) is 32.9 Å². The minimum Gasteiger partial charge on any atom is -0.382 e. The smallest absolute Gasteiger partial charge is 0.319 e. The molecule has 0 spiro atoms. The highest BCUT2D eigenvalue weighted by atomic mass is 32.2. The Kier molecular flexibility index (Phi) is 7.73. The number of benzene rings is 1. The molecular formula is C27H37N7O4S. The molecule has 39 heavy (non-hydrogen) atoms. The van der Waals surface area contributed by atoms with Gasteiger partial charge in [-0.3, -0.25) is 4.57 Å². The van der Waals surface area contributed by atoms with E-state index in [-0.39, 0.29) is 29.8 Å². The van der Waals surface area contributed by atoms with Gasteiger partial charge in [-0.05, 0) is 49.1 Å². The second-order valence-electron chi connectivity index (χ2n) is 11.3. The number of carbonyl (C=O) groups is 1. The van der Waals surface area contributed by atoms with Crippen LogP contribution in [0.1, 0.15) is 52.8 Å². The molecule has 0 aliphatic carbocycles. The van der Waals surface area contributed by atoms with E-state index in [0.717, 1.165) is 23.6 Å². The van der Waals surface area contributed by atoms with Crippen LogP contribution >= 0.6 is 11.8 Å². The molecule has 0 radical (unpaired) electrons. The lowest BCUT2D eigenvalue weighted by Crippen LogP contribution is -2.31. The zero-order chi connectivity index (χ0) is 27.8. The number of hydrogen-bond acceptors (Lipinski definition) is 9. The summed E-state index contributed by atoms with van der Waals surface area (Å²) in [6.45, 7) is 10.9. The van der Waals surface area contributed by atoms with Crippen LogP contribution in [0.3, 0.4) is 0 Å². The lowest BCUT2D eigenvalue weighted by atomic mass is 9.87. The van der Waals surface area contributed by atoms with Crippen LogP contribution in [-0.4, -0.2) is 67.7 Å². The predicted octanol–water partition coefficient (Wildman–Crippen LogP) is 4.07. The number of nitrogen functional groups attached to an aromatic ring is 1. The number of nitrogens with zero attached hydrogens (tertiary/aromatic N) is 4. The second-order valence-corrected chi connectivity index (χ2v) is 12.5. The zero-order valence-electron chi connectivity index (χ0n) is 23.0. The van der Waals surface area contributed by atoms with Crippen molar-refractivity contribution >= 4 is 40.5 Å². The van der Waals surface area contributed by atoms with Gasteiger partial charge in [-0.2, -0.15) is 11.8 Å². The van der Waals surface area contributed by atoms with Crippen molar-refractivity contribution < 1.29 is 19.0 Å². The van der Waals surface area contributed by atoms with E-state index < -0.39 is 12.0 Å². The first-order valence-electron chi connectivity index (χ1n) is 13.2. The number of anilines is 2. The number of nitrogens with one attached hydrogen (secondary N) is 2. The lowest BCUT2D eigenvalue weighted by molar-refractivity contribution is -0.193. The van der Waals surface area contributed by atoms with E-state index in [1.807, 2.05) is 42.7 Å². The molecule has 3 aromatic rings. The van der Waals surface area contributed by atoms with Crippen molar-refractivity contribution in [1.29, 1.82) is 0 Å². The molecular weight excluding hydrogens is 518 g/mol. The third-order valence-corrected chi connectivity index (χ3v) is 7.97. The molecule has 4 atom stereocenters. The maximum absolute atomic E-state index is 12.3. The van der Waals surface area contributed by atoms with Crippen LogP contribution in [0.4, 0.5) is 16.3 Å². The number of fused-ring (bicyclic) bond motifs is 2. The number of nitrogens with two attached hydrogens (primary N) is 1. The van der Waals surface area contributed by atoms with Gasteiger partial charge >= 0.3 is 6.03 Å². The van der Waals surface area contributed by atoms with Crippen molar-refractivity contribution in [2.75, 3.05) is 29.1 Å². The summed E-state index contributed by atoms with van der Waals surface area (Å²) in [6.07, 6.45) is 2.78. The van der Waals surface area contributed by atoms with Crippen molar-refractivity contribution in [1.82, 2.24) is 24.8 Å². The topological polar surface area (TPSA) is 138 Å². The molecule has 1 aromatic carbocycles. The second kappa shape index (κ2) is 10.9. The predicted molar refractivity (Wildman–Crippen MR) is 152 cm³/mol. The fourth-order valence-electron chi connectivity index (χ4n) is 4.88. The Hall–Kier alpha value is -2.93. The highest BCUT2D eigenvalue weighted by molar-refractivity contribution is 7.99. The zero-order valence-corrected chi connectivity index (χ0v) is 23.8. The van der Waals surface area contributed by atoms with Gasteiger partial charge in [0.2, 0.25) is 0 Å². The molecule has 0 bridgehead atoms. The van der Waals surface area contributed by atoms with Crippen molar-refractivity contribution in [2.24, 2.45) is 0 Å². The average Bonchev–Trinajstić information content (AvgIpc) is 3.53. The fraction of sp³-hybridized carbons (Fsp3) is 0.556. The SMILES string of the molecule is CC1(C)OC2C(CSCCCNC(=O)Nc3ccc(C(C)(C)C)cc3)OC(n3cnc4c(N)ncnc43)C2O1. The van der Waals surface area contributed by atoms with E-state index >= 15 is 0 Å². The summed E-state index contributed by atoms with van der Waals surface area (Å²) in [5.74, 6) is 1.21. The Morgan fingerprint density at radius 3 is 2.62 bits per heavy atom. The molecule has 2 aromatic heterocycles. The molecule has 2 aliphatic heterocycles. The molecule has 2 fully saturated rings. The highest BCUT2D eigenvalue weighted by Gasteiger charge is 2.56. The van der Waals surface area contributed by atoms with Gasteiger partial charge in [-0.15, -0.1) is 0 Å². The maximum atomic E-state index is 12.3. The van der Waals surface area contributed by atoms with Crippen molar-refractivity contribution in [3.63, 3.8) is 0 Å². The van der Waals surface area contributed by atoms with E-state index in [0.29, 0.717) is 23.5 Å². The molecule has 4 N–H and O–H groups in total. The van der Waals surface area contributed by atoms with Gasteiger partial charge in [0.1, 0.15) is 24.1 Å². The van der Waals surface area contributed by atoms with E-state index in [1.165, 1.54) is 11.9 Å². The van der Waals surface area contributed by atoms with E-state index in [1.54, 1.807) is 18.1 Å². The van der Waals surface area contributed by atoms with Crippen molar-refractivity contribution in [2.45, 2.75) is 76.8 Å². The number of hydrogen-bond donors (Lipinski definition) is 3. The van der Waals surface area contributed by atoms with E-state index in [4.69, 9.17) is 19.9 Å². The highest BCUT2D eigenvalue weighted by Crippen LogP contribution is 2.44. The van der Waals surface area contributed by atoms with Crippen LogP contribution in [0.25, 0.3) is 11.2 Å². The van der Waals surface area contributed by atoms with Crippen LogP contribution in [0, 0.1) is 0 Å². The number of carbonyl (C=O) groups excluding carboxylic acids is 1. The third kappa shape index (κ3) is 6.13. The van der Waals surface area contributed by atoms with E-state index in [9.17, 15) is 4.79 Å². The molecule has 2 amide bonds. The summed E-state index contributed by atoms with van der Waals surface area (Å²) < 4.78 is 20.7. The van der Waals surface area contributed by atoms with E-state index in [2.05, 4.69) is 46.4 Å². The number of ether oxygens (including phenoxy) is 3. The monoisotopic (exact) mass is 555 g/mol. The van der Waals surface area contributed by atoms with Crippen LogP contribution < -0.4 is 16.4 Å². The Morgan fingerprint density at radius 1 is 1.13 bits per heavy atom. The lowest BCUT2D eigenvalue weighted by Gasteiger charge is -2.24. The first-order valence-corrected chi connectivity index (χ1v) is 14.3. The summed E-state index contributed by atoms with van der Waals surface area (Å²) in [4.78, 5) is 25.0. The standard InChI is InChI=1S/C27H37N7O4S/c1-26(2,3)16-7-9-17(10-8-16)33-25(35)29-11-6-12-39-13-18-20-21(38-27(4,5)37-20)24(36-18)34-15-32-19-22(28)30-14-31-23(19)34/h7-10,14-15,18,20-21,24H,6,11-13H2,1-5H3,(H2,28,30,31)(H2,29,33,35). The molecule has 12 heteroatoms. The largest absolute Gasteiger partial charge is 0.382 e. The van der Waals surface area contributed by atoms with Gasteiger partial charge < -0.3 is 30.6 Å². The molecule has 2 aliphatic rings. The van der Waals surface area contributed by atoms with Crippen LogP contribution in [0.2, 0.25) is 0 Å². The Bertz CT molecular complexity index is 1310. The molecule has 0 saturated carbocycles. The Labute approximate surface area is 232 Å². The fourth-order valence-corrected chi connectivity index (χ4v) is 5.89. The molecule has 11 nitrogen and oxygen atoms in total. The summed E-state index contributed by atoms with van der Waals surface area (Å²) in [5, 5.41) is 5.82. The summed E-state index contributed by atoms with van der Waals surface area (Å²) in [5.41, 5.74) is 9.19. The maximum Gasteiger partial charge on any atom is 0.319 e. The number of imidazole rings is 1. The van der Waals surface area contributed by atoms with Crippen LogP contribution in [-0.2, 0) is 19.6 Å². The molecule has 4 heterocycles. The van der Waals surface area contributed by atoms with Crippen LogP contribution in [0.5, 0.6) is 0 Å². The Morgan fingerprint density at radius 2 is 1.87 bits per heavy atom. The van der Waals surface area contributed by atoms with Crippen molar-refractivity contribution in [3.8, 4) is 0 Å². The van der Waals surface area contributed by atoms with Crippen LogP contribution in [0.15, 0.2) is 36.9 Å². The molecule has 2 saturated heterocycles. The normalized spacial score (nSPS) is 24.1. The number of rotatable bonds is 8. The number of aromatic nitrogens is 4. The number of amides is 2. The first kappa shape index (κ1) is 27.6. The summed E-state index contributed by atoms with van der Waals surface area (Å²) in [6, 6.07) is 7.76. The van der Waals surface area contributed by atoms with Crippen molar-refractivity contribution in [3.05, 3.63) is 42.5 Å². The third-order valence-electron chi connectivity index (χ3n) is 6.83. The minimum absolute atomic E-state index is 0.0776. The number of urea groups is 1. The summed E-state index contributed by atoms with van der Waals surface area (Å²) in [7, 11) is 0. The average molecular weight is 556 g/mol. The quantitative estimate of drug-likeness (QED) is 0.351. The van der Waals surface area contributed by atoms with Gasteiger partial charge in [-0.25, -0.2) is 19.7 Å². The van der Waals surface area contributed by atoms with Gasteiger partial charge in [0.25, 0.3) is 0 Å². The van der Waals surface area contributed by atoms with Gasteiger partial charge in [0, 0.05) is 18.0 Å². The first-order chi connectivity index (χ1) is 18.5. The minimum atomic E-state index is -0.713. The Balaban J connectivity index is 1.09. The van der Waals surface area contributed by atoms with Gasteiger partial charge in [0.15, 0.2) is 23.5 Å². The number of thioether (sulfide) groups is 1. The summed E-state index contributed by atoms with van der Waals surface area (Å²) >= 11 is 1.76. The molecule has 210 valence electrons.